The van der Waals surface area contributed by atoms with Gasteiger partial charge in [-0.25, -0.2) is 4.79 Å². The van der Waals surface area contributed by atoms with E-state index >= 15 is 0 Å². The second-order valence-corrected chi connectivity index (χ2v) is 7.27. The second-order valence-electron chi connectivity index (χ2n) is 7.27. The lowest BCUT2D eigenvalue weighted by molar-refractivity contribution is -0.119. The van der Waals surface area contributed by atoms with Gasteiger partial charge in [-0.3, -0.25) is 4.79 Å². The predicted molar refractivity (Wildman–Crippen MR) is 106 cm³/mol. The van der Waals surface area contributed by atoms with Crippen molar-refractivity contribution in [2.24, 2.45) is 0 Å². The van der Waals surface area contributed by atoms with Crippen LogP contribution in [-0.2, 0) is 9.53 Å². The molecule has 2 rings (SSSR count). The van der Waals surface area contributed by atoms with Gasteiger partial charge in [-0.05, 0) is 42.0 Å². The first-order valence-corrected chi connectivity index (χ1v) is 9.10. The summed E-state index contributed by atoms with van der Waals surface area (Å²) < 4.78 is 5.09. The van der Waals surface area contributed by atoms with Crippen LogP contribution in [0.3, 0.4) is 0 Å². The van der Waals surface area contributed by atoms with Gasteiger partial charge >= 0.3 is 5.97 Å². The molecule has 0 spiro atoms. The molecular weight excluding hydrogens is 342 g/mol. The number of phenolic OH excluding ortho intramolecular Hbond substituents is 1. The van der Waals surface area contributed by atoms with Crippen molar-refractivity contribution in [3.8, 4) is 5.75 Å². The van der Waals surface area contributed by atoms with Crippen LogP contribution >= 0.6 is 0 Å². The summed E-state index contributed by atoms with van der Waals surface area (Å²) >= 11 is 0. The highest BCUT2D eigenvalue weighted by Crippen LogP contribution is 2.32. The number of phenols is 1. The van der Waals surface area contributed by atoms with Crippen LogP contribution in [0.25, 0.3) is 0 Å². The summed E-state index contributed by atoms with van der Waals surface area (Å²) in [5.41, 5.74) is 3.72. The summed E-state index contributed by atoms with van der Waals surface area (Å²) in [4.78, 5) is 24.6. The van der Waals surface area contributed by atoms with E-state index in [0.717, 1.165) is 22.4 Å². The van der Waals surface area contributed by atoms with Crippen molar-refractivity contribution in [1.82, 2.24) is 0 Å². The molecule has 0 fully saturated rings. The fraction of sp³-hybridized carbons (Fsp3) is 0.364. The van der Waals surface area contributed by atoms with Crippen LogP contribution in [0.1, 0.15) is 66.6 Å². The van der Waals surface area contributed by atoms with Gasteiger partial charge in [0.15, 0.2) is 6.61 Å². The Balaban J connectivity index is 2.12. The summed E-state index contributed by atoms with van der Waals surface area (Å²) in [5, 5.41) is 12.7. The Morgan fingerprint density at radius 2 is 1.63 bits per heavy atom. The maximum atomic E-state index is 12.4. The summed E-state index contributed by atoms with van der Waals surface area (Å²) in [7, 11) is 0. The van der Waals surface area contributed by atoms with E-state index in [2.05, 4.69) is 33.0 Å². The van der Waals surface area contributed by atoms with Crippen LogP contribution in [0.4, 0.5) is 5.69 Å². The topological polar surface area (TPSA) is 75.6 Å². The molecule has 0 unspecified atom stereocenters. The van der Waals surface area contributed by atoms with Gasteiger partial charge in [0.25, 0.3) is 5.91 Å². The molecule has 5 nitrogen and oxygen atoms in total. The van der Waals surface area contributed by atoms with Crippen molar-refractivity contribution in [2.75, 3.05) is 11.9 Å². The SMILES string of the molecule is Cc1ccc(O)c(C(=O)OCC(=O)Nc2c(C(C)C)cccc2C(C)C)c1. The van der Waals surface area contributed by atoms with Crippen molar-refractivity contribution >= 4 is 17.6 Å². The lowest BCUT2D eigenvalue weighted by atomic mass is 9.92. The number of aromatic hydroxyl groups is 1. The van der Waals surface area contributed by atoms with Gasteiger partial charge in [0.05, 0.1) is 0 Å². The van der Waals surface area contributed by atoms with Gasteiger partial charge in [0.1, 0.15) is 11.3 Å². The Kier molecular flexibility index (Phi) is 6.61. The number of hydrogen-bond acceptors (Lipinski definition) is 4. The van der Waals surface area contributed by atoms with E-state index in [1.165, 1.54) is 12.1 Å². The van der Waals surface area contributed by atoms with Crippen molar-refractivity contribution in [1.29, 1.82) is 0 Å². The number of esters is 1. The normalized spacial score (nSPS) is 10.9. The molecular formula is C22H27NO4. The molecule has 1 amide bonds. The van der Waals surface area contributed by atoms with E-state index in [9.17, 15) is 14.7 Å². The number of aryl methyl sites for hydroxylation is 1. The van der Waals surface area contributed by atoms with E-state index in [1.807, 2.05) is 18.2 Å². The van der Waals surface area contributed by atoms with E-state index in [-0.39, 0.29) is 23.1 Å². The maximum absolute atomic E-state index is 12.4. The van der Waals surface area contributed by atoms with Crippen molar-refractivity contribution in [3.05, 3.63) is 58.7 Å². The third-order valence-corrected chi connectivity index (χ3v) is 4.34. The Hall–Kier alpha value is -2.82. The maximum Gasteiger partial charge on any atom is 0.342 e. The van der Waals surface area contributed by atoms with Crippen molar-refractivity contribution in [2.45, 2.75) is 46.5 Å². The number of ether oxygens (including phenoxy) is 1. The number of rotatable bonds is 6. The largest absolute Gasteiger partial charge is 0.507 e. The van der Waals surface area contributed by atoms with Crippen LogP contribution in [-0.4, -0.2) is 23.6 Å². The Morgan fingerprint density at radius 1 is 1.04 bits per heavy atom. The predicted octanol–water partition coefficient (Wildman–Crippen LogP) is 4.74. The molecule has 0 atom stereocenters. The standard InChI is InChI=1S/C22H27NO4/c1-13(2)16-7-6-8-17(14(3)4)21(16)23-20(25)12-27-22(26)18-11-15(5)9-10-19(18)24/h6-11,13-14,24H,12H2,1-5H3,(H,23,25). The molecule has 2 N–H and O–H groups in total. The fourth-order valence-corrected chi connectivity index (χ4v) is 2.89. The van der Waals surface area contributed by atoms with Crippen LogP contribution < -0.4 is 5.32 Å². The molecule has 5 heteroatoms. The highest BCUT2D eigenvalue weighted by Gasteiger charge is 2.18. The number of para-hydroxylation sites is 1. The number of amides is 1. The van der Waals surface area contributed by atoms with E-state index in [0.29, 0.717) is 0 Å². The van der Waals surface area contributed by atoms with Crippen molar-refractivity contribution in [3.63, 3.8) is 0 Å². The molecule has 2 aromatic carbocycles. The van der Waals surface area contributed by atoms with Gasteiger partial charge in [-0.1, -0.05) is 57.5 Å². The second kappa shape index (κ2) is 8.71. The van der Waals surface area contributed by atoms with Gasteiger partial charge in [0.2, 0.25) is 0 Å². The number of nitrogens with one attached hydrogen (secondary N) is 1. The minimum Gasteiger partial charge on any atom is -0.507 e. The van der Waals surface area contributed by atoms with Crippen molar-refractivity contribution < 1.29 is 19.4 Å². The molecule has 2 aromatic rings. The van der Waals surface area contributed by atoms with E-state index in [4.69, 9.17) is 4.74 Å². The molecule has 0 saturated heterocycles. The third-order valence-electron chi connectivity index (χ3n) is 4.34. The molecule has 27 heavy (non-hydrogen) atoms. The lowest BCUT2D eigenvalue weighted by Crippen LogP contribution is -2.22. The molecule has 0 heterocycles. The Bertz CT molecular complexity index is 814. The Morgan fingerprint density at radius 3 is 2.19 bits per heavy atom. The molecule has 0 bridgehead atoms. The van der Waals surface area contributed by atoms with Crippen LogP contribution in [0.2, 0.25) is 0 Å². The van der Waals surface area contributed by atoms with Gasteiger partial charge in [0, 0.05) is 5.69 Å². The Labute approximate surface area is 160 Å². The van der Waals surface area contributed by atoms with Gasteiger partial charge in [-0.15, -0.1) is 0 Å². The number of anilines is 1. The molecule has 0 aliphatic carbocycles. The lowest BCUT2D eigenvalue weighted by Gasteiger charge is -2.20. The number of benzene rings is 2. The van der Waals surface area contributed by atoms with Crippen LogP contribution in [0.15, 0.2) is 36.4 Å². The molecule has 0 saturated carbocycles. The smallest absolute Gasteiger partial charge is 0.342 e. The molecule has 0 aliphatic rings. The molecule has 0 aliphatic heterocycles. The number of hydrogen-bond donors (Lipinski definition) is 2. The minimum atomic E-state index is -0.729. The fourth-order valence-electron chi connectivity index (χ4n) is 2.89. The van der Waals surface area contributed by atoms with Crippen LogP contribution in [0.5, 0.6) is 5.75 Å². The van der Waals surface area contributed by atoms with E-state index in [1.54, 1.807) is 13.0 Å². The molecule has 144 valence electrons. The number of carbonyl (C=O) groups excluding carboxylic acids is 2. The summed E-state index contributed by atoms with van der Waals surface area (Å²) in [6.45, 7) is 9.64. The number of carbonyl (C=O) groups is 2. The first-order chi connectivity index (χ1) is 12.7. The highest BCUT2D eigenvalue weighted by atomic mass is 16.5. The first kappa shape index (κ1) is 20.5. The summed E-state index contributed by atoms with van der Waals surface area (Å²) in [6.07, 6.45) is 0. The van der Waals surface area contributed by atoms with Gasteiger partial charge < -0.3 is 15.2 Å². The minimum absolute atomic E-state index is 0.0493. The van der Waals surface area contributed by atoms with E-state index < -0.39 is 18.5 Å². The monoisotopic (exact) mass is 369 g/mol. The van der Waals surface area contributed by atoms with Crippen LogP contribution in [0, 0.1) is 6.92 Å². The molecule has 0 aromatic heterocycles. The average Bonchev–Trinajstić information content (AvgIpc) is 2.61. The first-order valence-electron chi connectivity index (χ1n) is 9.10. The third kappa shape index (κ3) is 5.09. The zero-order chi connectivity index (χ0) is 20.1. The summed E-state index contributed by atoms with van der Waals surface area (Å²) in [6, 6.07) is 10.6. The summed E-state index contributed by atoms with van der Waals surface area (Å²) in [5.74, 6) is -0.826. The highest BCUT2D eigenvalue weighted by molar-refractivity contribution is 5.97. The average molecular weight is 369 g/mol. The molecule has 0 radical (unpaired) electrons. The zero-order valence-corrected chi connectivity index (χ0v) is 16.5. The zero-order valence-electron chi connectivity index (χ0n) is 16.5. The quantitative estimate of drug-likeness (QED) is 0.721. The van der Waals surface area contributed by atoms with Gasteiger partial charge in [-0.2, -0.15) is 0 Å².